The average Bonchev–Trinajstić information content (AvgIpc) is 2.69. The van der Waals surface area contributed by atoms with E-state index in [2.05, 4.69) is 15.3 Å². The van der Waals surface area contributed by atoms with E-state index in [1.165, 1.54) is 0 Å². The molecule has 0 fully saturated rings. The molecule has 0 aliphatic rings. The Bertz CT molecular complexity index is 551. The van der Waals surface area contributed by atoms with E-state index >= 15 is 0 Å². The second-order valence-corrected chi connectivity index (χ2v) is 5.35. The van der Waals surface area contributed by atoms with Gasteiger partial charge >= 0.3 is 0 Å². The molecular weight excluding hydrogens is 246 g/mol. The Hall–Kier alpha value is -1.75. The van der Waals surface area contributed by atoms with Crippen molar-refractivity contribution < 1.29 is 4.79 Å². The Morgan fingerprint density at radius 2 is 2.22 bits per heavy atom. The van der Waals surface area contributed by atoms with Crippen LogP contribution in [0.2, 0.25) is 0 Å². The van der Waals surface area contributed by atoms with Crippen LogP contribution in [-0.2, 0) is 0 Å². The minimum atomic E-state index is -0.110. The van der Waals surface area contributed by atoms with E-state index in [1.807, 2.05) is 20.8 Å². The molecular formula is C13H15N3OS. The third kappa shape index (κ3) is 2.73. The summed E-state index contributed by atoms with van der Waals surface area (Å²) in [5.41, 5.74) is 1.56. The van der Waals surface area contributed by atoms with Crippen LogP contribution in [0, 0.1) is 13.8 Å². The molecule has 2 aromatic heterocycles. The predicted molar refractivity (Wildman–Crippen MR) is 71.7 cm³/mol. The fourth-order valence-electron chi connectivity index (χ4n) is 1.79. The Morgan fingerprint density at radius 3 is 2.78 bits per heavy atom. The summed E-state index contributed by atoms with van der Waals surface area (Å²) in [7, 11) is 0. The van der Waals surface area contributed by atoms with Crippen molar-refractivity contribution in [1.82, 2.24) is 15.3 Å². The second kappa shape index (κ2) is 5.27. The molecule has 5 heteroatoms. The van der Waals surface area contributed by atoms with Crippen LogP contribution in [0.3, 0.4) is 0 Å². The molecule has 0 radical (unpaired) electrons. The molecule has 18 heavy (non-hydrogen) atoms. The number of rotatable bonds is 3. The zero-order valence-electron chi connectivity index (χ0n) is 10.6. The van der Waals surface area contributed by atoms with Crippen LogP contribution in [0.1, 0.15) is 38.9 Å². The highest BCUT2D eigenvalue weighted by molar-refractivity contribution is 7.11. The van der Waals surface area contributed by atoms with Crippen molar-refractivity contribution in [1.29, 1.82) is 0 Å². The lowest BCUT2D eigenvalue weighted by atomic mass is 10.2. The van der Waals surface area contributed by atoms with E-state index < -0.39 is 0 Å². The number of carbonyl (C=O) groups is 1. The van der Waals surface area contributed by atoms with Gasteiger partial charge in [-0.25, -0.2) is 4.98 Å². The molecule has 0 aliphatic carbocycles. The van der Waals surface area contributed by atoms with Gasteiger partial charge in [0.1, 0.15) is 0 Å². The van der Waals surface area contributed by atoms with Crippen molar-refractivity contribution >= 4 is 17.2 Å². The lowest BCUT2D eigenvalue weighted by molar-refractivity contribution is 0.0940. The van der Waals surface area contributed by atoms with E-state index in [0.717, 1.165) is 15.6 Å². The van der Waals surface area contributed by atoms with Gasteiger partial charge in [0, 0.05) is 17.3 Å². The Balaban J connectivity index is 2.10. The molecule has 0 saturated carbocycles. The molecule has 0 aliphatic heterocycles. The predicted octanol–water partition coefficient (Wildman–Crippen LogP) is 2.65. The summed E-state index contributed by atoms with van der Waals surface area (Å²) < 4.78 is 0. The number of hydrogen-bond donors (Lipinski definition) is 1. The van der Waals surface area contributed by atoms with Gasteiger partial charge in [0.25, 0.3) is 5.91 Å². The number of aryl methyl sites for hydroxylation is 2. The van der Waals surface area contributed by atoms with Gasteiger partial charge < -0.3 is 5.32 Å². The maximum absolute atomic E-state index is 12.0. The highest BCUT2D eigenvalue weighted by Crippen LogP contribution is 2.24. The molecule has 0 bridgehead atoms. The molecule has 0 aromatic carbocycles. The normalized spacial score (nSPS) is 12.2. The van der Waals surface area contributed by atoms with Crippen molar-refractivity contribution in [2.45, 2.75) is 26.8 Å². The SMILES string of the molecule is Cc1nc(C)c([C@@H](C)NC(=O)c2cccnc2)s1. The molecule has 2 aromatic rings. The van der Waals surface area contributed by atoms with Crippen molar-refractivity contribution in [2.75, 3.05) is 0 Å². The van der Waals surface area contributed by atoms with E-state index in [0.29, 0.717) is 5.56 Å². The van der Waals surface area contributed by atoms with Crippen molar-refractivity contribution in [3.8, 4) is 0 Å². The van der Waals surface area contributed by atoms with Crippen molar-refractivity contribution in [2.24, 2.45) is 0 Å². The number of pyridine rings is 1. The van der Waals surface area contributed by atoms with E-state index in [-0.39, 0.29) is 11.9 Å². The van der Waals surface area contributed by atoms with Gasteiger partial charge in [-0.05, 0) is 32.9 Å². The number of aromatic nitrogens is 2. The molecule has 0 saturated heterocycles. The number of nitrogens with one attached hydrogen (secondary N) is 1. The maximum atomic E-state index is 12.0. The summed E-state index contributed by atoms with van der Waals surface area (Å²) in [6, 6.07) is 3.46. The van der Waals surface area contributed by atoms with Crippen LogP contribution in [-0.4, -0.2) is 15.9 Å². The molecule has 0 unspecified atom stereocenters. The zero-order valence-corrected chi connectivity index (χ0v) is 11.4. The quantitative estimate of drug-likeness (QED) is 0.924. The molecule has 2 heterocycles. The zero-order chi connectivity index (χ0) is 13.1. The highest BCUT2D eigenvalue weighted by Gasteiger charge is 2.16. The third-order valence-electron chi connectivity index (χ3n) is 2.60. The first kappa shape index (κ1) is 12.7. The van der Waals surface area contributed by atoms with Gasteiger partial charge in [-0.3, -0.25) is 9.78 Å². The fraction of sp³-hybridized carbons (Fsp3) is 0.308. The van der Waals surface area contributed by atoms with E-state index in [9.17, 15) is 4.79 Å². The van der Waals surface area contributed by atoms with Crippen LogP contribution < -0.4 is 5.32 Å². The largest absolute Gasteiger partial charge is 0.345 e. The van der Waals surface area contributed by atoms with Crippen LogP contribution in [0.25, 0.3) is 0 Å². The summed E-state index contributed by atoms with van der Waals surface area (Å²) >= 11 is 1.62. The second-order valence-electron chi connectivity index (χ2n) is 4.12. The first-order chi connectivity index (χ1) is 8.58. The van der Waals surface area contributed by atoms with Gasteiger partial charge in [0.15, 0.2) is 0 Å². The molecule has 2 rings (SSSR count). The molecule has 0 spiro atoms. The lowest BCUT2D eigenvalue weighted by Gasteiger charge is -2.12. The minimum absolute atomic E-state index is 0.0380. The Morgan fingerprint density at radius 1 is 1.44 bits per heavy atom. The standard InChI is InChI=1S/C13H15N3OS/c1-8-12(18-10(3)15-8)9(2)16-13(17)11-5-4-6-14-7-11/h4-7,9H,1-3H3,(H,16,17)/t9-/m1/s1. The van der Waals surface area contributed by atoms with Gasteiger partial charge in [-0.2, -0.15) is 0 Å². The Kier molecular flexibility index (Phi) is 3.72. The monoisotopic (exact) mass is 261 g/mol. The smallest absolute Gasteiger partial charge is 0.253 e. The van der Waals surface area contributed by atoms with Gasteiger partial charge in [-0.15, -0.1) is 11.3 Å². The topological polar surface area (TPSA) is 54.9 Å². The van der Waals surface area contributed by atoms with Crippen molar-refractivity contribution in [3.05, 3.63) is 45.7 Å². The van der Waals surface area contributed by atoms with Gasteiger partial charge in [0.05, 0.1) is 22.3 Å². The number of hydrogen-bond acceptors (Lipinski definition) is 4. The molecule has 1 atom stereocenters. The molecule has 94 valence electrons. The summed E-state index contributed by atoms with van der Waals surface area (Å²) in [6.45, 7) is 5.90. The Labute approximate surface area is 110 Å². The van der Waals surface area contributed by atoms with E-state index in [1.54, 1.807) is 35.9 Å². The summed E-state index contributed by atoms with van der Waals surface area (Å²) in [5.74, 6) is -0.110. The highest BCUT2D eigenvalue weighted by atomic mass is 32.1. The summed E-state index contributed by atoms with van der Waals surface area (Å²) in [5, 5.41) is 3.98. The van der Waals surface area contributed by atoms with Crippen LogP contribution in [0.15, 0.2) is 24.5 Å². The summed E-state index contributed by atoms with van der Waals surface area (Å²) in [4.78, 5) is 21.4. The first-order valence-electron chi connectivity index (χ1n) is 5.72. The number of nitrogens with zero attached hydrogens (tertiary/aromatic N) is 2. The molecule has 4 nitrogen and oxygen atoms in total. The maximum Gasteiger partial charge on any atom is 0.253 e. The average molecular weight is 261 g/mol. The van der Waals surface area contributed by atoms with Crippen LogP contribution in [0.5, 0.6) is 0 Å². The number of carbonyl (C=O) groups excluding carboxylic acids is 1. The van der Waals surface area contributed by atoms with E-state index in [4.69, 9.17) is 0 Å². The van der Waals surface area contributed by atoms with Crippen LogP contribution >= 0.6 is 11.3 Å². The number of amides is 1. The van der Waals surface area contributed by atoms with Crippen LogP contribution in [0.4, 0.5) is 0 Å². The first-order valence-corrected chi connectivity index (χ1v) is 6.54. The summed E-state index contributed by atoms with van der Waals surface area (Å²) in [6.07, 6.45) is 3.21. The number of thiazole rings is 1. The molecule has 1 amide bonds. The minimum Gasteiger partial charge on any atom is -0.345 e. The third-order valence-corrected chi connectivity index (χ3v) is 3.86. The van der Waals surface area contributed by atoms with Crippen molar-refractivity contribution in [3.63, 3.8) is 0 Å². The van der Waals surface area contributed by atoms with Gasteiger partial charge in [-0.1, -0.05) is 0 Å². The molecule has 1 N–H and O–H groups in total. The fourth-order valence-corrected chi connectivity index (χ4v) is 2.72. The lowest BCUT2D eigenvalue weighted by Crippen LogP contribution is -2.26. The van der Waals surface area contributed by atoms with Gasteiger partial charge in [0.2, 0.25) is 0 Å².